The summed E-state index contributed by atoms with van der Waals surface area (Å²) >= 11 is 0. The summed E-state index contributed by atoms with van der Waals surface area (Å²) in [6.45, 7) is 1.86. The second kappa shape index (κ2) is 9.15. The van der Waals surface area contributed by atoms with Crippen molar-refractivity contribution in [2.24, 2.45) is 5.92 Å². The monoisotopic (exact) mass is 357 g/mol. The largest absolute Gasteiger partial charge is 0.477 e. The smallest absolute Gasteiger partial charge is 0.257 e. The standard InChI is InChI=1S/C19H23N3O4/c1-24-9-10-25-19-16(3-2-8-20-19)18(23)22-12-15-6-7-17(21-11-15)26-13-14-4-5-14/h2-3,6-8,11,14H,4-5,9-10,12-13H2,1H3,(H,22,23). The number of aromatic nitrogens is 2. The number of nitrogens with zero attached hydrogens (tertiary/aromatic N) is 2. The van der Waals surface area contributed by atoms with Crippen molar-refractivity contribution in [1.82, 2.24) is 15.3 Å². The van der Waals surface area contributed by atoms with Crippen LogP contribution in [0, 0.1) is 5.92 Å². The van der Waals surface area contributed by atoms with Crippen molar-refractivity contribution in [2.45, 2.75) is 19.4 Å². The van der Waals surface area contributed by atoms with E-state index >= 15 is 0 Å². The molecule has 7 nitrogen and oxygen atoms in total. The molecule has 1 N–H and O–H groups in total. The first-order valence-electron chi connectivity index (χ1n) is 8.69. The molecule has 0 saturated heterocycles. The predicted octanol–water partition coefficient (Wildman–Crippen LogP) is 2.22. The van der Waals surface area contributed by atoms with Crippen molar-refractivity contribution in [1.29, 1.82) is 0 Å². The Hall–Kier alpha value is -2.67. The Labute approximate surface area is 152 Å². The summed E-state index contributed by atoms with van der Waals surface area (Å²) in [6, 6.07) is 7.10. The highest BCUT2D eigenvalue weighted by Gasteiger charge is 2.22. The summed E-state index contributed by atoms with van der Waals surface area (Å²) in [7, 11) is 1.59. The minimum absolute atomic E-state index is 0.250. The number of carbonyl (C=O) groups excluding carboxylic acids is 1. The topological polar surface area (TPSA) is 82.6 Å². The minimum atomic E-state index is -0.250. The number of nitrogens with one attached hydrogen (secondary N) is 1. The molecular weight excluding hydrogens is 334 g/mol. The summed E-state index contributed by atoms with van der Waals surface area (Å²) in [5, 5.41) is 2.85. The molecule has 7 heteroatoms. The molecule has 1 aliphatic carbocycles. The normalized spacial score (nSPS) is 13.3. The highest BCUT2D eigenvalue weighted by molar-refractivity contribution is 5.96. The first-order chi connectivity index (χ1) is 12.8. The second-order valence-corrected chi connectivity index (χ2v) is 6.14. The van der Waals surface area contributed by atoms with E-state index in [4.69, 9.17) is 14.2 Å². The van der Waals surface area contributed by atoms with Gasteiger partial charge in [0.05, 0.1) is 13.2 Å². The van der Waals surface area contributed by atoms with Crippen LogP contribution in [0.15, 0.2) is 36.7 Å². The average molecular weight is 357 g/mol. The summed E-state index contributed by atoms with van der Waals surface area (Å²) < 4.78 is 16.0. The van der Waals surface area contributed by atoms with E-state index in [1.807, 2.05) is 12.1 Å². The second-order valence-electron chi connectivity index (χ2n) is 6.14. The average Bonchev–Trinajstić information content (AvgIpc) is 3.50. The van der Waals surface area contributed by atoms with E-state index in [2.05, 4.69) is 15.3 Å². The molecule has 0 atom stereocenters. The molecule has 2 aromatic rings. The number of rotatable bonds is 10. The van der Waals surface area contributed by atoms with Crippen LogP contribution in [0.25, 0.3) is 0 Å². The van der Waals surface area contributed by atoms with Crippen LogP contribution in [0.4, 0.5) is 0 Å². The SMILES string of the molecule is COCCOc1ncccc1C(=O)NCc1ccc(OCC2CC2)nc1. The van der Waals surface area contributed by atoms with Crippen molar-refractivity contribution < 1.29 is 19.0 Å². The Kier molecular flexibility index (Phi) is 6.38. The van der Waals surface area contributed by atoms with Crippen LogP contribution in [0.5, 0.6) is 11.8 Å². The lowest BCUT2D eigenvalue weighted by molar-refractivity contribution is 0.0941. The molecule has 2 heterocycles. The van der Waals surface area contributed by atoms with E-state index in [9.17, 15) is 4.79 Å². The lowest BCUT2D eigenvalue weighted by Gasteiger charge is -2.10. The fourth-order valence-corrected chi connectivity index (χ4v) is 2.27. The zero-order chi connectivity index (χ0) is 18.2. The van der Waals surface area contributed by atoms with Gasteiger partial charge in [-0.25, -0.2) is 9.97 Å². The zero-order valence-electron chi connectivity index (χ0n) is 14.8. The van der Waals surface area contributed by atoms with E-state index in [0.717, 1.165) is 12.2 Å². The van der Waals surface area contributed by atoms with Crippen LogP contribution in [-0.2, 0) is 11.3 Å². The molecule has 2 aromatic heterocycles. The van der Waals surface area contributed by atoms with Gasteiger partial charge in [0.25, 0.3) is 5.91 Å². The maximum absolute atomic E-state index is 12.4. The van der Waals surface area contributed by atoms with Crippen LogP contribution < -0.4 is 14.8 Å². The van der Waals surface area contributed by atoms with Crippen LogP contribution in [-0.4, -0.2) is 42.8 Å². The van der Waals surface area contributed by atoms with E-state index in [1.54, 1.807) is 31.6 Å². The van der Waals surface area contributed by atoms with Crippen molar-refractivity contribution >= 4 is 5.91 Å². The molecule has 0 aliphatic heterocycles. The molecule has 3 rings (SSSR count). The van der Waals surface area contributed by atoms with Crippen molar-refractivity contribution in [3.8, 4) is 11.8 Å². The molecule has 0 bridgehead atoms. The number of ether oxygens (including phenoxy) is 3. The highest BCUT2D eigenvalue weighted by atomic mass is 16.5. The minimum Gasteiger partial charge on any atom is -0.477 e. The van der Waals surface area contributed by atoms with Crippen LogP contribution in [0.2, 0.25) is 0 Å². The fraction of sp³-hybridized carbons (Fsp3) is 0.421. The number of methoxy groups -OCH3 is 1. The summed E-state index contributed by atoms with van der Waals surface area (Å²) in [6.07, 6.45) is 5.79. The maximum Gasteiger partial charge on any atom is 0.257 e. The lowest BCUT2D eigenvalue weighted by atomic mass is 10.2. The maximum atomic E-state index is 12.4. The van der Waals surface area contributed by atoms with Gasteiger partial charge in [-0.2, -0.15) is 0 Å². The van der Waals surface area contributed by atoms with Gasteiger partial charge in [0.2, 0.25) is 11.8 Å². The summed E-state index contributed by atoms with van der Waals surface area (Å²) in [4.78, 5) is 20.8. The number of hydrogen-bond acceptors (Lipinski definition) is 6. The number of pyridine rings is 2. The molecular formula is C19H23N3O4. The van der Waals surface area contributed by atoms with Crippen LogP contribution in [0.1, 0.15) is 28.8 Å². The predicted molar refractivity (Wildman–Crippen MR) is 95.2 cm³/mol. The highest BCUT2D eigenvalue weighted by Crippen LogP contribution is 2.29. The van der Waals surface area contributed by atoms with Gasteiger partial charge in [-0.1, -0.05) is 6.07 Å². The fourth-order valence-electron chi connectivity index (χ4n) is 2.27. The van der Waals surface area contributed by atoms with E-state index in [0.29, 0.717) is 43.0 Å². The number of amides is 1. The Morgan fingerprint density at radius 2 is 2.08 bits per heavy atom. The van der Waals surface area contributed by atoms with E-state index < -0.39 is 0 Å². The van der Waals surface area contributed by atoms with Crippen molar-refractivity contribution in [3.63, 3.8) is 0 Å². The third-order valence-electron chi connectivity index (χ3n) is 3.96. The molecule has 1 amide bonds. The first kappa shape index (κ1) is 18.1. The number of hydrogen-bond donors (Lipinski definition) is 1. The molecule has 1 fully saturated rings. The van der Waals surface area contributed by atoms with Gasteiger partial charge >= 0.3 is 0 Å². The van der Waals surface area contributed by atoms with Gasteiger partial charge in [-0.05, 0) is 36.5 Å². The third-order valence-corrected chi connectivity index (χ3v) is 3.96. The van der Waals surface area contributed by atoms with Gasteiger partial charge < -0.3 is 19.5 Å². The third kappa shape index (κ3) is 5.42. The summed E-state index contributed by atoms with van der Waals surface area (Å²) in [5.74, 6) is 1.35. The first-order valence-corrected chi connectivity index (χ1v) is 8.69. The Balaban J connectivity index is 1.51. The van der Waals surface area contributed by atoms with Gasteiger partial charge in [0.1, 0.15) is 12.2 Å². The molecule has 0 unspecified atom stereocenters. The molecule has 1 aliphatic rings. The summed E-state index contributed by atoms with van der Waals surface area (Å²) in [5.41, 5.74) is 1.28. The molecule has 0 aromatic carbocycles. The molecule has 0 spiro atoms. The van der Waals surface area contributed by atoms with E-state index in [-0.39, 0.29) is 5.91 Å². The molecule has 1 saturated carbocycles. The lowest BCUT2D eigenvalue weighted by Crippen LogP contribution is -2.24. The molecule has 138 valence electrons. The van der Waals surface area contributed by atoms with Gasteiger partial charge in [0, 0.05) is 32.1 Å². The quantitative estimate of drug-likeness (QED) is 0.657. The Morgan fingerprint density at radius 3 is 2.81 bits per heavy atom. The number of carbonyl (C=O) groups is 1. The Bertz CT molecular complexity index is 717. The van der Waals surface area contributed by atoms with Crippen LogP contribution in [0.3, 0.4) is 0 Å². The van der Waals surface area contributed by atoms with Crippen molar-refractivity contribution in [3.05, 3.63) is 47.8 Å². The van der Waals surface area contributed by atoms with Gasteiger partial charge in [-0.3, -0.25) is 4.79 Å². The van der Waals surface area contributed by atoms with Gasteiger partial charge in [-0.15, -0.1) is 0 Å². The molecule has 0 radical (unpaired) electrons. The zero-order valence-corrected chi connectivity index (χ0v) is 14.8. The molecule has 26 heavy (non-hydrogen) atoms. The van der Waals surface area contributed by atoms with Crippen LogP contribution >= 0.6 is 0 Å². The van der Waals surface area contributed by atoms with Crippen molar-refractivity contribution in [2.75, 3.05) is 26.9 Å². The van der Waals surface area contributed by atoms with E-state index in [1.165, 1.54) is 12.8 Å². The Morgan fingerprint density at radius 1 is 1.19 bits per heavy atom. The van der Waals surface area contributed by atoms with Gasteiger partial charge in [0.15, 0.2) is 0 Å².